The number of nitrogens with zero attached hydrogens (tertiary/aromatic N) is 1. The Morgan fingerprint density at radius 2 is 2.11 bits per heavy atom. The van der Waals surface area contributed by atoms with Crippen molar-refractivity contribution in [1.82, 2.24) is 10.4 Å². The Morgan fingerprint density at radius 3 is 2.78 bits per heavy atom. The number of pyridine rings is 1. The molecule has 0 aliphatic heterocycles. The number of benzene rings is 1. The summed E-state index contributed by atoms with van der Waals surface area (Å²) in [5, 5.41) is 0.758. The predicted molar refractivity (Wildman–Crippen MR) is 74.2 cm³/mol. The fraction of sp³-hybridized carbons (Fsp3) is 0.214. The molecule has 1 unspecified atom stereocenters. The van der Waals surface area contributed by atoms with E-state index >= 15 is 0 Å². The van der Waals surface area contributed by atoms with Crippen molar-refractivity contribution < 1.29 is 0 Å². The van der Waals surface area contributed by atoms with E-state index in [1.807, 2.05) is 43.3 Å². The first-order valence-electron chi connectivity index (χ1n) is 5.83. The molecule has 0 fully saturated rings. The topological polar surface area (TPSA) is 50.9 Å². The van der Waals surface area contributed by atoms with Crippen LogP contribution in [0, 0.1) is 6.92 Å². The van der Waals surface area contributed by atoms with Gasteiger partial charge in [-0.3, -0.25) is 16.3 Å². The number of halogens is 1. The second kappa shape index (κ2) is 5.96. The van der Waals surface area contributed by atoms with E-state index in [0.29, 0.717) is 0 Å². The zero-order valence-electron chi connectivity index (χ0n) is 10.2. The third-order valence-corrected chi connectivity index (χ3v) is 3.44. The van der Waals surface area contributed by atoms with Crippen LogP contribution in [0.25, 0.3) is 0 Å². The molecule has 94 valence electrons. The Morgan fingerprint density at radius 1 is 1.28 bits per heavy atom. The number of hydrogen-bond acceptors (Lipinski definition) is 3. The molecule has 0 bridgehead atoms. The molecule has 0 saturated heterocycles. The summed E-state index contributed by atoms with van der Waals surface area (Å²) < 4.78 is 0. The highest BCUT2D eigenvalue weighted by Crippen LogP contribution is 2.25. The van der Waals surface area contributed by atoms with E-state index in [0.717, 1.165) is 28.3 Å². The molecule has 1 aromatic heterocycles. The molecule has 2 rings (SSSR count). The molecule has 3 N–H and O–H groups in total. The smallest absolute Gasteiger partial charge is 0.0518 e. The van der Waals surface area contributed by atoms with Crippen LogP contribution >= 0.6 is 11.6 Å². The van der Waals surface area contributed by atoms with Crippen LogP contribution in [-0.2, 0) is 6.42 Å². The fourth-order valence-corrected chi connectivity index (χ4v) is 2.17. The van der Waals surface area contributed by atoms with Crippen LogP contribution in [0.5, 0.6) is 0 Å². The highest BCUT2D eigenvalue weighted by molar-refractivity contribution is 6.31. The standard InChI is InChI=1S/C14H16ClN3/c1-10-12(6-4-7-13(10)15)14(18-16)9-11-5-2-3-8-17-11/h2-8,14,18H,9,16H2,1H3. The summed E-state index contributed by atoms with van der Waals surface area (Å²) >= 11 is 6.13. The molecule has 4 heteroatoms. The van der Waals surface area contributed by atoms with E-state index in [-0.39, 0.29) is 6.04 Å². The summed E-state index contributed by atoms with van der Waals surface area (Å²) in [6.07, 6.45) is 2.52. The van der Waals surface area contributed by atoms with Gasteiger partial charge in [0, 0.05) is 23.3 Å². The van der Waals surface area contributed by atoms with Crippen molar-refractivity contribution in [2.24, 2.45) is 5.84 Å². The van der Waals surface area contributed by atoms with Gasteiger partial charge in [-0.1, -0.05) is 29.8 Å². The average Bonchev–Trinajstić information content (AvgIpc) is 2.41. The molecule has 2 aromatic rings. The lowest BCUT2D eigenvalue weighted by molar-refractivity contribution is 0.543. The van der Waals surface area contributed by atoms with Crippen LogP contribution in [0.15, 0.2) is 42.6 Å². The molecule has 0 spiro atoms. The number of aromatic nitrogens is 1. The minimum absolute atomic E-state index is 0.0126. The maximum Gasteiger partial charge on any atom is 0.0518 e. The van der Waals surface area contributed by atoms with Gasteiger partial charge in [-0.15, -0.1) is 0 Å². The van der Waals surface area contributed by atoms with Crippen molar-refractivity contribution in [3.05, 3.63) is 64.4 Å². The second-order valence-electron chi connectivity index (χ2n) is 4.20. The SMILES string of the molecule is Cc1c(Cl)cccc1C(Cc1ccccn1)NN. The maximum absolute atomic E-state index is 6.13. The molecule has 1 aromatic carbocycles. The van der Waals surface area contributed by atoms with Gasteiger partial charge in [0.2, 0.25) is 0 Å². The summed E-state index contributed by atoms with van der Waals surface area (Å²) in [7, 11) is 0. The van der Waals surface area contributed by atoms with Crippen molar-refractivity contribution in [3.63, 3.8) is 0 Å². The number of hydrazine groups is 1. The molecule has 0 saturated carbocycles. The van der Waals surface area contributed by atoms with Gasteiger partial charge >= 0.3 is 0 Å². The van der Waals surface area contributed by atoms with Crippen molar-refractivity contribution in [2.75, 3.05) is 0 Å². The van der Waals surface area contributed by atoms with E-state index in [4.69, 9.17) is 17.4 Å². The van der Waals surface area contributed by atoms with Gasteiger partial charge in [0.1, 0.15) is 0 Å². The van der Waals surface area contributed by atoms with Gasteiger partial charge in [0.15, 0.2) is 0 Å². The molecule has 1 atom stereocenters. The molecule has 0 aliphatic carbocycles. The van der Waals surface area contributed by atoms with Crippen molar-refractivity contribution in [1.29, 1.82) is 0 Å². The quantitative estimate of drug-likeness (QED) is 0.657. The Balaban J connectivity index is 2.26. The molecule has 0 radical (unpaired) electrons. The molecule has 18 heavy (non-hydrogen) atoms. The lowest BCUT2D eigenvalue weighted by Gasteiger charge is -2.18. The van der Waals surface area contributed by atoms with E-state index in [1.54, 1.807) is 6.20 Å². The van der Waals surface area contributed by atoms with Crippen LogP contribution in [-0.4, -0.2) is 4.98 Å². The van der Waals surface area contributed by atoms with Gasteiger partial charge in [0.25, 0.3) is 0 Å². The van der Waals surface area contributed by atoms with E-state index < -0.39 is 0 Å². The average molecular weight is 262 g/mol. The highest BCUT2D eigenvalue weighted by Gasteiger charge is 2.14. The first-order chi connectivity index (χ1) is 8.72. The minimum Gasteiger partial charge on any atom is -0.271 e. The normalized spacial score (nSPS) is 12.4. The van der Waals surface area contributed by atoms with Gasteiger partial charge < -0.3 is 0 Å². The number of rotatable bonds is 4. The third kappa shape index (κ3) is 2.88. The van der Waals surface area contributed by atoms with Crippen LogP contribution in [0.4, 0.5) is 0 Å². The summed E-state index contributed by atoms with van der Waals surface area (Å²) in [6, 6.07) is 11.7. The first kappa shape index (κ1) is 13.0. The monoisotopic (exact) mass is 261 g/mol. The van der Waals surface area contributed by atoms with E-state index in [1.165, 1.54) is 0 Å². The zero-order valence-corrected chi connectivity index (χ0v) is 11.0. The lowest BCUT2D eigenvalue weighted by Crippen LogP contribution is -2.30. The Labute approximate surface area is 112 Å². The third-order valence-electron chi connectivity index (χ3n) is 3.03. The summed E-state index contributed by atoms with van der Waals surface area (Å²) in [4.78, 5) is 4.32. The molecule has 0 amide bonds. The van der Waals surface area contributed by atoms with Crippen molar-refractivity contribution in [2.45, 2.75) is 19.4 Å². The number of hydrogen-bond donors (Lipinski definition) is 2. The second-order valence-corrected chi connectivity index (χ2v) is 4.61. The lowest BCUT2D eigenvalue weighted by atomic mass is 9.98. The van der Waals surface area contributed by atoms with Crippen molar-refractivity contribution >= 4 is 11.6 Å². The Kier molecular flexibility index (Phi) is 4.31. The van der Waals surface area contributed by atoms with Crippen LogP contribution in [0.2, 0.25) is 5.02 Å². The maximum atomic E-state index is 6.13. The molecular weight excluding hydrogens is 246 g/mol. The van der Waals surface area contributed by atoms with Crippen molar-refractivity contribution in [3.8, 4) is 0 Å². The molecule has 0 aliphatic rings. The largest absolute Gasteiger partial charge is 0.271 e. The van der Waals surface area contributed by atoms with Crippen LogP contribution < -0.4 is 11.3 Å². The van der Waals surface area contributed by atoms with E-state index in [9.17, 15) is 0 Å². The summed E-state index contributed by atoms with van der Waals surface area (Å²) in [5.41, 5.74) is 6.00. The highest BCUT2D eigenvalue weighted by atomic mass is 35.5. The molecule has 3 nitrogen and oxygen atoms in total. The predicted octanol–water partition coefficient (Wildman–Crippen LogP) is 2.79. The fourth-order valence-electron chi connectivity index (χ4n) is 1.99. The van der Waals surface area contributed by atoms with Gasteiger partial charge in [0.05, 0.1) is 6.04 Å². The first-order valence-corrected chi connectivity index (χ1v) is 6.21. The number of nitrogens with one attached hydrogen (secondary N) is 1. The Hall–Kier alpha value is -1.42. The zero-order chi connectivity index (χ0) is 13.0. The minimum atomic E-state index is 0.0126. The van der Waals surface area contributed by atoms with Crippen LogP contribution in [0.1, 0.15) is 22.9 Å². The van der Waals surface area contributed by atoms with Gasteiger partial charge in [-0.25, -0.2) is 0 Å². The summed E-state index contributed by atoms with van der Waals surface area (Å²) in [6.45, 7) is 2.00. The van der Waals surface area contributed by atoms with E-state index in [2.05, 4.69) is 10.4 Å². The van der Waals surface area contributed by atoms with Gasteiger partial charge in [-0.2, -0.15) is 0 Å². The number of nitrogens with two attached hydrogens (primary N) is 1. The van der Waals surface area contributed by atoms with Gasteiger partial charge in [-0.05, 0) is 36.2 Å². The van der Waals surface area contributed by atoms with Crippen LogP contribution in [0.3, 0.4) is 0 Å². The molecular formula is C14H16ClN3. The molecule has 1 heterocycles. The summed E-state index contributed by atoms with van der Waals surface area (Å²) in [5.74, 6) is 5.65. The Bertz CT molecular complexity index is 514.